The Labute approximate surface area is 120 Å². The summed E-state index contributed by atoms with van der Waals surface area (Å²) in [6, 6.07) is -0.870. The second kappa shape index (κ2) is 6.46. The number of rotatable bonds is 4. The van der Waals surface area contributed by atoms with Crippen LogP contribution in [-0.2, 0) is 6.54 Å². The van der Waals surface area contributed by atoms with E-state index in [0.717, 1.165) is 0 Å². The van der Waals surface area contributed by atoms with Gasteiger partial charge in [0.15, 0.2) is 0 Å². The van der Waals surface area contributed by atoms with Crippen LogP contribution < -0.4 is 11.1 Å². The van der Waals surface area contributed by atoms with Crippen LogP contribution in [0.5, 0.6) is 0 Å². The van der Waals surface area contributed by atoms with E-state index >= 15 is 0 Å². The maximum Gasteiger partial charge on any atom is 0.393 e. The average molecular weight is 304 g/mol. The normalized spacial score (nSPS) is 23.0. The lowest BCUT2D eigenvalue weighted by molar-refractivity contribution is -0.187. The van der Waals surface area contributed by atoms with Gasteiger partial charge in [-0.25, -0.2) is 4.98 Å². The van der Waals surface area contributed by atoms with Crippen molar-refractivity contribution < 1.29 is 18.0 Å². The van der Waals surface area contributed by atoms with Gasteiger partial charge in [0.05, 0.1) is 12.2 Å². The Bertz CT molecular complexity index is 486. The second-order valence-corrected chi connectivity index (χ2v) is 5.30. The van der Waals surface area contributed by atoms with Crippen molar-refractivity contribution in [1.82, 2.24) is 14.9 Å². The third kappa shape index (κ3) is 3.96. The molecule has 0 aliphatic heterocycles. The molecular weight excluding hydrogens is 285 g/mol. The van der Waals surface area contributed by atoms with Crippen LogP contribution >= 0.6 is 0 Å². The number of carbonyl (C=O) groups excluding carboxylic acids is 1. The lowest BCUT2D eigenvalue weighted by Gasteiger charge is -2.33. The molecule has 2 unspecified atom stereocenters. The molecule has 21 heavy (non-hydrogen) atoms. The fourth-order valence-electron chi connectivity index (χ4n) is 2.69. The molecular formula is C13H19F3N4O. The van der Waals surface area contributed by atoms with E-state index in [0.29, 0.717) is 32.4 Å². The minimum atomic E-state index is -4.28. The number of halogens is 3. The number of nitrogens with zero attached hydrogens (tertiary/aromatic N) is 2. The molecule has 3 N–H and O–H groups in total. The van der Waals surface area contributed by atoms with Gasteiger partial charge < -0.3 is 15.6 Å². The zero-order valence-corrected chi connectivity index (χ0v) is 11.6. The Morgan fingerprint density at radius 3 is 2.81 bits per heavy atom. The van der Waals surface area contributed by atoms with Crippen molar-refractivity contribution in [3.63, 3.8) is 0 Å². The van der Waals surface area contributed by atoms with Gasteiger partial charge in [-0.1, -0.05) is 12.8 Å². The molecule has 1 aliphatic carbocycles. The molecule has 118 valence electrons. The van der Waals surface area contributed by atoms with Crippen LogP contribution in [-0.4, -0.2) is 34.2 Å². The van der Waals surface area contributed by atoms with Crippen molar-refractivity contribution in [2.75, 3.05) is 6.54 Å². The van der Waals surface area contributed by atoms with Crippen LogP contribution in [0.4, 0.5) is 13.2 Å². The number of amides is 1. The number of nitrogens with two attached hydrogens (primary N) is 1. The Morgan fingerprint density at radius 1 is 1.43 bits per heavy atom. The van der Waals surface area contributed by atoms with Gasteiger partial charge in [-0.15, -0.1) is 0 Å². The molecule has 1 aromatic rings. The van der Waals surface area contributed by atoms with Gasteiger partial charge in [-0.05, 0) is 12.8 Å². The summed E-state index contributed by atoms with van der Waals surface area (Å²) in [6.07, 6.45) is 0.311. The first-order chi connectivity index (χ1) is 9.91. The number of carbonyl (C=O) groups is 1. The van der Waals surface area contributed by atoms with E-state index < -0.39 is 24.0 Å². The molecule has 8 heteroatoms. The van der Waals surface area contributed by atoms with Crippen LogP contribution in [0.2, 0.25) is 0 Å². The van der Waals surface area contributed by atoms with Gasteiger partial charge in [0.2, 0.25) is 0 Å². The lowest BCUT2D eigenvalue weighted by atomic mass is 9.84. The third-order valence-electron chi connectivity index (χ3n) is 3.76. The molecule has 5 nitrogen and oxygen atoms in total. The highest BCUT2D eigenvalue weighted by Gasteiger charge is 2.46. The maximum absolute atomic E-state index is 13.0. The van der Waals surface area contributed by atoms with Crippen LogP contribution in [0.1, 0.15) is 36.2 Å². The van der Waals surface area contributed by atoms with E-state index in [1.807, 2.05) is 0 Å². The van der Waals surface area contributed by atoms with E-state index in [9.17, 15) is 18.0 Å². The van der Waals surface area contributed by atoms with Crippen molar-refractivity contribution in [1.29, 1.82) is 0 Å². The Hall–Kier alpha value is -1.57. The van der Waals surface area contributed by atoms with Crippen molar-refractivity contribution >= 4 is 5.91 Å². The van der Waals surface area contributed by atoms with Gasteiger partial charge in [0, 0.05) is 25.3 Å². The Kier molecular flexibility index (Phi) is 4.87. The summed E-state index contributed by atoms with van der Waals surface area (Å²) < 4.78 is 40.5. The zero-order chi connectivity index (χ0) is 15.5. The van der Waals surface area contributed by atoms with E-state index in [1.54, 1.807) is 4.57 Å². The second-order valence-electron chi connectivity index (χ2n) is 5.30. The number of aromatic nitrogens is 2. The third-order valence-corrected chi connectivity index (χ3v) is 3.76. The molecule has 1 amide bonds. The van der Waals surface area contributed by atoms with Crippen molar-refractivity contribution in [2.45, 2.75) is 44.4 Å². The number of hydrogen-bond donors (Lipinski definition) is 2. The molecule has 1 saturated carbocycles. The van der Waals surface area contributed by atoms with Crippen LogP contribution in [0.25, 0.3) is 0 Å². The maximum atomic E-state index is 13.0. The molecule has 1 aromatic heterocycles. The van der Waals surface area contributed by atoms with Crippen LogP contribution in [0, 0.1) is 5.92 Å². The minimum absolute atomic E-state index is 0.0655. The fourth-order valence-corrected chi connectivity index (χ4v) is 2.69. The molecule has 0 spiro atoms. The highest BCUT2D eigenvalue weighted by Crippen LogP contribution is 2.37. The summed E-state index contributed by atoms with van der Waals surface area (Å²) in [5.74, 6) is -2.03. The molecule has 2 atom stereocenters. The summed E-state index contributed by atoms with van der Waals surface area (Å²) >= 11 is 0. The van der Waals surface area contributed by atoms with Crippen molar-refractivity contribution in [2.24, 2.45) is 11.7 Å². The topological polar surface area (TPSA) is 72.9 Å². The molecule has 1 aliphatic rings. The molecule has 0 bridgehead atoms. The summed E-state index contributed by atoms with van der Waals surface area (Å²) in [4.78, 5) is 15.9. The summed E-state index contributed by atoms with van der Waals surface area (Å²) in [6.45, 7) is 0.908. The number of nitrogens with one attached hydrogen (secondary N) is 1. The van der Waals surface area contributed by atoms with E-state index in [2.05, 4.69) is 10.3 Å². The Morgan fingerprint density at radius 2 is 2.14 bits per heavy atom. The minimum Gasteiger partial charge on any atom is -0.347 e. The fraction of sp³-hybridized carbons (Fsp3) is 0.692. The SMILES string of the molecule is NCCn1cnc(C(=O)NC2CCCCC2C(F)(F)F)c1. The van der Waals surface area contributed by atoms with Gasteiger partial charge >= 0.3 is 6.18 Å². The molecule has 0 aromatic carbocycles. The highest BCUT2D eigenvalue weighted by atomic mass is 19.4. The quantitative estimate of drug-likeness (QED) is 0.889. The monoisotopic (exact) mass is 304 g/mol. The largest absolute Gasteiger partial charge is 0.393 e. The predicted molar refractivity (Wildman–Crippen MR) is 70.5 cm³/mol. The lowest BCUT2D eigenvalue weighted by Crippen LogP contribution is -2.47. The van der Waals surface area contributed by atoms with Gasteiger partial charge in [-0.3, -0.25) is 4.79 Å². The first-order valence-corrected chi connectivity index (χ1v) is 7.01. The average Bonchev–Trinajstić information content (AvgIpc) is 2.87. The molecule has 1 heterocycles. The standard InChI is InChI=1S/C13H19F3N4O/c14-13(15,16)9-3-1-2-4-10(9)19-12(21)11-7-20(6-5-17)8-18-11/h7-10H,1-6,17H2,(H,19,21). The van der Waals surface area contributed by atoms with Gasteiger partial charge in [0.25, 0.3) is 5.91 Å². The van der Waals surface area contributed by atoms with Crippen molar-refractivity contribution in [3.8, 4) is 0 Å². The number of hydrogen-bond acceptors (Lipinski definition) is 3. The van der Waals surface area contributed by atoms with E-state index in [-0.39, 0.29) is 12.1 Å². The van der Waals surface area contributed by atoms with Crippen LogP contribution in [0.15, 0.2) is 12.5 Å². The molecule has 0 radical (unpaired) electrons. The summed E-state index contributed by atoms with van der Waals surface area (Å²) in [5.41, 5.74) is 5.51. The van der Waals surface area contributed by atoms with E-state index in [1.165, 1.54) is 12.5 Å². The number of alkyl halides is 3. The zero-order valence-electron chi connectivity index (χ0n) is 11.6. The molecule has 1 fully saturated rings. The van der Waals surface area contributed by atoms with Crippen LogP contribution in [0.3, 0.4) is 0 Å². The molecule has 0 saturated heterocycles. The Balaban J connectivity index is 2.02. The molecule has 2 rings (SSSR count). The van der Waals surface area contributed by atoms with Crippen molar-refractivity contribution in [3.05, 3.63) is 18.2 Å². The highest BCUT2D eigenvalue weighted by molar-refractivity contribution is 5.92. The first-order valence-electron chi connectivity index (χ1n) is 7.01. The predicted octanol–water partition coefficient (Wildman–Crippen LogP) is 1.69. The van der Waals surface area contributed by atoms with Gasteiger partial charge in [0.1, 0.15) is 5.69 Å². The summed E-state index contributed by atoms with van der Waals surface area (Å²) in [5, 5.41) is 2.48. The van der Waals surface area contributed by atoms with E-state index in [4.69, 9.17) is 5.73 Å². The van der Waals surface area contributed by atoms with Gasteiger partial charge in [-0.2, -0.15) is 13.2 Å². The first kappa shape index (κ1) is 15.8. The summed E-state index contributed by atoms with van der Waals surface area (Å²) in [7, 11) is 0. The number of imidazole rings is 1. The smallest absolute Gasteiger partial charge is 0.347 e.